The van der Waals surface area contributed by atoms with Crippen LogP contribution < -0.4 is 10.6 Å². The van der Waals surface area contributed by atoms with Gasteiger partial charge >= 0.3 is 6.03 Å². The Labute approximate surface area is 124 Å². The Bertz CT molecular complexity index is 573. The van der Waals surface area contributed by atoms with Gasteiger partial charge in [0.1, 0.15) is 5.82 Å². The first-order valence-corrected chi connectivity index (χ1v) is 6.84. The minimum atomic E-state index is -0.281. The fourth-order valence-corrected chi connectivity index (χ4v) is 1.77. The molecule has 2 N–H and O–H groups in total. The minimum absolute atomic E-state index is 0.281. The lowest BCUT2D eigenvalue weighted by Gasteiger charge is -2.08. The van der Waals surface area contributed by atoms with Crippen LogP contribution in [-0.4, -0.2) is 24.2 Å². The molecule has 0 bridgehead atoms. The number of hydrogen-bond donors (Lipinski definition) is 2. The van der Waals surface area contributed by atoms with Crippen molar-refractivity contribution >= 4 is 11.8 Å². The predicted octanol–water partition coefficient (Wildman–Crippen LogP) is 2.73. The number of nitrogens with one attached hydrogen (secondary N) is 2. The summed E-state index contributed by atoms with van der Waals surface area (Å²) in [6, 6.07) is 15.1. The Morgan fingerprint density at radius 3 is 2.71 bits per heavy atom. The van der Waals surface area contributed by atoms with Crippen LogP contribution >= 0.6 is 0 Å². The Hall–Kier alpha value is -2.40. The number of urea groups is 1. The number of amides is 2. The van der Waals surface area contributed by atoms with Gasteiger partial charge in [-0.05, 0) is 24.6 Å². The normalized spacial score (nSPS) is 10.1. The highest BCUT2D eigenvalue weighted by Crippen LogP contribution is 2.03. The van der Waals surface area contributed by atoms with Crippen LogP contribution in [0.25, 0.3) is 0 Å². The van der Waals surface area contributed by atoms with Gasteiger partial charge < -0.3 is 10.1 Å². The molecule has 0 aliphatic heterocycles. The lowest BCUT2D eigenvalue weighted by molar-refractivity contribution is 0.124. The van der Waals surface area contributed by atoms with Gasteiger partial charge in [-0.15, -0.1) is 0 Å². The van der Waals surface area contributed by atoms with Crippen LogP contribution in [0.3, 0.4) is 0 Å². The molecule has 0 fully saturated rings. The quantitative estimate of drug-likeness (QED) is 0.802. The van der Waals surface area contributed by atoms with Gasteiger partial charge in [0.2, 0.25) is 0 Å². The molecule has 110 valence electrons. The number of aryl methyl sites for hydroxylation is 1. The largest absolute Gasteiger partial charge is 0.375 e. The lowest BCUT2D eigenvalue weighted by atomic mass is 10.2. The van der Waals surface area contributed by atoms with E-state index in [9.17, 15) is 4.79 Å². The summed E-state index contributed by atoms with van der Waals surface area (Å²) in [7, 11) is 0. The first-order valence-electron chi connectivity index (χ1n) is 6.84. The number of rotatable bonds is 6. The maximum absolute atomic E-state index is 11.6. The average molecular weight is 285 g/mol. The number of benzene rings is 1. The Balaban J connectivity index is 1.61. The summed E-state index contributed by atoms with van der Waals surface area (Å²) in [5, 5.41) is 5.40. The van der Waals surface area contributed by atoms with Crippen molar-refractivity contribution in [2.24, 2.45) is 0 Å². The van der Waals surface area contributed by atoms with Gasteiger partial charge in [0.25, 0.3) is 0 Å². The number of pyridine rings is 1. The van der Waals surface area contributed by atoms with E-state index in [-0.39, 0.29) is 6.03 Å². The van der Waals surface area contributed by atoms with Crippen molar-refractivity contribution in [1.29, 1.82) is 0 Å². The first kappa shape index (κ1) is 15.0. The summed E-state index contributed by atoms with van der Waals surface area (Å²) in [6.07, 6.45) is 0. The highest BCUT2D eigenvalue weighted by atomic mass is 16.5. The van der Waals surface area contributed by atoms with Gasteiger partial charge in [0.15, 0.2) is 0 Å². The summed E-state index contributed by atoms with van der Waals surface area (Å²) in [6.45, 7) is 3.33. The van der Waals surface area contributed by atoms with E-state index in [1.807, 2.05) is 49.4 Å². The van der Waals surface area contributed by atoms with E-state index < -0.39 is 0 Å². The highest BCUT2D eigenvalue weighted by molar-refractivity contribution is 5.88. The molecule has 5 nitrogen and oxygen atoms in total. The Morgan fingerprint density at radius 2 is 1.95 bits per heavy atom. The van der Waals surface area contributed by atoms with Crippen LogP contribution in [0.2, 0.25) is 0 Å². The topological polar surface area (TPSA) is 63.2 Å². The molecule has 0 aliphatic carbocycles. The zero-order chi connectivity index (χ0) is 14.9. The third-order valence-corrected chi connectivity index (χ3v) is 2.77. The van der Waals surface area contributed by atoms with E-state index in [2.05, 4.69) is 15.6 Å². The van der Waals surface area contributed by atoms with Crippen LogP contribution in [0, 0.1) is 6.92 Å². The summed E-state index contributed by atoms with van der Waals surface area (Å²) >= 11 is 0. The molecule has 21 heavy (non-hydrogen) atoms. The highest BCUT2D eigenvalue weighted by Gasteiger charge is 2.01. The number of carbonyl (C=O) groups excluding carboxylic acids is 1. The summed E-state index contributed by atoms with van der Waals surface area (Å²) < 4.78 is 5.48. The van der Waals surface area contributed by atoms with Gasteiger partial charge in [-0.2, -0.15) is 0 Å². The molecule has 0 spiro atoms. The molecular weight excluding hydrogens is 266 g/mol. The van der Waals surface area contributed by atoms with Crippen molar-refractivity contribution in [1.82, 2.24) is 10.3 Å². The van der Waals surface area contributed by atoms with Crippen LogP contribution in [0.15, 0.2) is 48.5 Å². The molecule has 2 amide bonds. The van der Waals surface area contributed by atoms with E-state index in [1.54, 1.807) is 6.07 Å². The number of ether oxygens (including phenoxy) is 1. The third-order valence-electron chi connectivity index (χ3n) is 2.77. The second-order valence-electron chi connectivity index (χ2n) is 4.58. The number of nitrogens with zero attached hydrogens (tertiary/aromatic N) is 1. The SMILES string of the molecule is Cc1cccc(NC(=O)NCCOCc2ccccc2)n1. The molecule has 0 radical (unpaired) electrons. The van der Waals surface area contributed by atoms with E-state index in [0.29, 0.717) is 25.6 Å². The van der Waals surface area contributed by atoms with Crippen molar-refractivity contribution < 1.29 is 9.53 Å². The summed E-state index contributed by atoms with van der Waals surface area (Å²) in [5.41, 5.74) is 1.98. The maximum atomic E-state index is 11.6. The molecule has 1 heterocycles. The third kappa shape index (κ3) is 5.62. The van der Waals surface area contributed by atoms with Crippen LogP contribution in [0.4, 0.5) is 10.6 Å². The van der Waals surface area contributed by atoms with Gasteiger partial charge in [0.05, 0.1) is 13.2 Å². The van der Waals surface area contributed by atoms with Crippen LogP contribution in [0.5, 0.6) is 0 Å². The number of aromatic nitrogens is 1. The zero-order valence-corrected chi connectivity index (χ0v) is 12.0. The second kappa shape index (κ2) is 8.01. The molecule has 0 aliphatic rings. The molecule has 0 unspecified atom stereocenters. The summed E-state index contributed by atoms with van der Waals surface area (Å²) in [5.74, 6) is 0.540. The van der Waals surface area contributed by atoms with E-state index in [1.165, 1.54) is 0 Å². The molecule has 5 heteroatoms. The standard InChI is InChI=1S/C16H19N3O2/c1-13-6-5-9-15(18-13)19-16(20)17-10-11-21-12-14-7-3-2-4-8-14/h2-9H,10-12H2,1H3,(H2,17,18,19,20). The smallest absolute Gasteiger partial charge is 0.320 e. The van der Waals surface area contributed by atoms with E-state index in [0.717, 1.165) is 11.3 Å². The maximum Gasteiger partial charge on any atom is 0.320 e. The molecular formula is C16H19N3O2. The monoisotopic (exact) mass is 285 g/mol. The Kier molecular flexibility index (Phi) is 5.72. The lowest BCUT2D eigenvalue weighted by Crippen LogP contribution is -2.31. The van der Waals surface area contributed by atoms with Gasteiger partial charge in [-0.25, -0.2) is 9.78 Å². The van der Waals surface area contributed by atoms with Crippen LogP contribution in [0.1, 0.15) is 11.3 Å². The molecule has 1 aromatic carbocycles. The molecule has 1 aromatic heterocycles. The average Bonchev–Trinajstić information content (AvgIpc) is 2.48. The van der Waals surface area contributed by atoms with Crippen molar-refractivity contribution in [3.05, 3.63) is 59.8 Å². The van der Waals surface area contributed by atoms with E-state index in [4.69, 9.17) is 4.74 Å². The summed E-state index contributed by atoms with van der Waals surface area (Å²) in [4.78, 5) is 15.8. The van der Waals surface area contributed by atoms with Crippen molar-refractivity contribution in [2.45, 2.75) is 13.5 Å². The predicted molar refractivity (Wildman–Crippen MR) is 82.1 cm³/mol. The molecule has 2 aromatic rings. The number of anilines is 1. The molecule has 0 saturated heterocycles. The fraction of sp³-hybridized carbons (Fsp3) is 0.250. The Morgan fingerprint density at radius 1 is 1.14 bits per heavy atom. The van der Waals surface area contributed by atoms with Crippen LogP contribution in [-0.2, 0) is 11.3 Å². The second-order valence-corrected chi connectivity index (χ2v) is 4.58. The molecule has 2 rings (SSSR count). The van der Waals surface area contributed by atoms with Crippen molar-refractivity contribution in [2.75, 3.05) is 18.5 Å². The van der Waals surface area contributed by atoms with Gasteiger partial charge in [-0.1, -0.05) is 36.4 Å². The minimum Gasteiger partial charge on any atom is -0.375 e. The van der Waals surface area contributed by atoms with Crippen molar-refractivity contribution in [3.8, 4) is 0 Å². The van der Waals surface area contributed by atoms with E-state index >= 15 is 0 Å². The molecule has 0 atom stereocenters. The van der Waals surface area contributed by atoms with Crippen molar-refractivity contribution in [3.63, 3.8) is 0 Å². The number of carbonyl (C=O) groups is 1. The van der Waals surface area contributed by atoms with Gasteiger partial charge in [0, 0.05) is 12.2 Å². The first-order chi connectivity index (χ1) is 10.2. The zero-order valence-electron chi connectivity index (χ0n) is 12.0. The molecule has 0 saturated carbocycles. The fourth-order valence-electron chi connectivity index (χ4n) is 1.77. The number of hydrogen-bond acceptors (Lipinski definition) is 3. The van der Waals surface area contributed by atoms with Gasteiger partial charge in [-0.3, -0.25) is 5.32 Å².